The molecule has 1 aliphatic heterocycles. The molecule has 164 valence electrons. The van der Waals surface area contributed by atoms with Crippen molar-refractivity contribution >= 4 is 10.0 Å². The van der Waals surface area contributed by atoms with Crippen molar-refractivity contribution in [1.82, 2.24) is 10.0 Å². The fourth-order valence-corrected chi connectivity index (χ4v) is 5.40. The normalized spacial score (nSPS) is 18.0. The van der Waals surface area contributed by atoms with Crippen LogP contribution in [-0.4, -0.2) is 26.5 Å². The highest BCUT2D eigenvalue weighted by Gasteiger charge is 2.54. The molecular weight excluding hydrogens is 413 g/mol. The first kappa shape index (κ1) is 22.8. The van der Waals surface area contributed by atoms with Gasteiger partial charge < -0.3 is 5.32 Å². The predicted octanol–water partition coefficient (Wildman–Crippen LogP) is 4.36. The average Bonchev–Trinajstić information content (AvgIpc) is 3.11. The monoisotopic (exact) mass is 440 g/mol. The van der Waals surface area contributed by atoms with Crippen LogP contribution in [-0.2, 0) is 15.6 Å². The molecule has 1 saturated heterocycles. The minimum absolute atomic E-state index is 0.497. The first-order valence-electron chi connectivity index (χ1n) is 9.86. The number of aryl methyl sites for hydroxylation is 4. The van der Waals surface area contributed by atoms with Gasteiger partial charge in [-0.05, 0) is 58.2 Å². The van der Waals surface area contributed by atoms with Crippen molar-refractivity contribution in [3.8, 4) is 0 Å². The number of benzene rings is 2. The highest BCUT2D eigenvalue weighted by molar-refractivity contribution is 7.90. The molecule has 0 unspecified atom stereocenters. The first-order chi connectivity index (χ1) is 13.8. The molecule has 3 rings (SSSR count). The van der Waals surface area contributed by atoms with E-state index in [-0.39, 0.29) is 0 Å². The summed E-state index contributed by atoms with van der Waals surface area (Å²) in [6.07, 6.45) is 1.29. The molecule has 0 spiro atoms. The molecule has 0 aromatic heterocycles. The van der Waals surface area contributed by atoms with Crippen LogP contribution in [0.1, 0.15) is 46.2 Å². The summed E-state index contributed by atoms with van der Waals surface area (Å²) < 4.78 is 67.6. The number of sulfonamides is 1. The van der Waals surface area contributed by atoms with Crippen molar-refractivity contribution in [2.24, 2.45) is 0 Å². The van der Waals surface area contributed by atoms with E-state index in [4.69, 9.17) is 0 Å². The summed E-state index contributed by atoms with van der Waals surface area (Å²) in [6.45, 7) is 8.01. The minimum Gasteiger partial charge on any atom is -0.311 e. The predicted molar refractivity (Wildman–Crippen MR) is 112 cm³/mol. The lowest BCUT2D eigenvalue weighted by molar-refractivity contribution is -0.0457. The molecule has 30 heavy (non-hydrogen) atoms. The maximum Gasteiger partial charge on any atom is 0.511 e. The van der Waals surface area contributed by atoms with Gasteiger partial charge in [-0.15, -0.1) is 0 Å². The lowest BCUT2D eigenvalue weighted by atomic mass is 9.75. The Morgan fingerprint density at radius 1 is 0.867 bits per heavy atom. The summed E-state index contributed by atoms with van der Waals surface area (Å²) in [5.74, 6) is 0. The Bertz CT molecular complexity index is 951. The maximum atomic E-state index is 13.5. The van der Waals surface area contributed by atoms with E-state index in [0.717, 1.165) is 28.7 Å². The molecule has 8 heteroatoms. The molecule has 1 heterocycles. The van der Waals surface area contributed by atoms with E-state index in [9.17, 15) is 21.6 Å². The van der Waals surface area contributed by atoms with E-state index >= 15 is 0 Å². The van der Waals surface area contributed by atoms with Crippen LogP contribution < -0.4 is 10.0 Å². The zero-order valence-electron chi connectivity index (χ0n) is 17.5. The van der Waals surface area contributed by atoms with Crippen molar-refractivity contribution in [2.75, 3.05) is 6.54 Å². The van der Waals surface area contributed by atoms with Crippen LogP contribution in [0, 0.1) is 27.7 Å². The van der Waals surface area contributed by atoms with Crippen LogP contribution in [0.25, 0.3) is 0 Å². The molecular formula is C22H27F3N2O2S. The average molecular weight is 441 g/mol. The van der Waals surface area contributed by atoms with Gasteiger partial charge in [-0.3, -0.25) is 0 Å². The van der Waals surface area contributed by atoms with Gasteiger partial charge in [0.15, 0.2) is 0 Å². The van der Waals surface area contributed by atoms with E-state index in [2.05, 4.69) is 10.0 Å². The SMILES string of the molecule is Cc1cc(C)cc(C(NS(=O)(=O)C(F)(F)F)(c2cc(C)cc(C)c2)[C@@H]2CCCN2)c1. The second-order valence-corrected chi connectivity index (χ2v) is 9.93. The number of hydrogen-bond donors (Lipinski definition) is 2. The third kappa shape index (κ3) is 4.26. The zero-order chi connectivity index (χ0) is 22.3. The molecule has 1 atom stereocenters. The first-order valence-corrected chi connectivity index (χ1v) is 11.3. The summed E-state index contributed by atoms with van der Waals surface area (Å²) in [4.78, 5) is 0. The molecule has 0 bridgehead atoms. The van der Waals surface area contributed by atoms with E-state index in [0.29, 0.717) is 24.1 Å². The van der Waals surface area contributed by atoms with Crippen molar-refractivity contribution in [2.45, 2.75) is 57.6 Å². The van der Waals surface area contributed by atoms with Gasteiger partial charge in [0, 0.05) is 6.04 Å². The highest BCUT2D eigenvalue weighted by atomic mass is 32.2. The highest BCUT2D eigenvalue weighted by Crippen LogP contribution is 2.41. The fraction of sp³-hybridized carbons (Fsp3) is 0.455. The van der Waals surface area contributed by atoms with Gasteiger partial charge in [0.05, 0.1) is 5.54 Å². The Kier molecular flexibility index (Phi) is 6.06. The third-order valence-corrected chi connectivity index (χ3v) is 6.74. The fourth-order valence-electron chi connectivity index (χ4n) is 4.49. The maximum absolute atomic E-state index is 13.5. The van der Waals surface area contributed by atoms with E-state index < -0.39 is 27.1 Å². The molecule has 0 aliphatic carbocycles. The number of rotatable bonds is 5. The zero-order valence-corrected chi connectivity index (χ0v) is 18.3. The molecule has 2 aromatic carbocycles. The third-order valence-electron chi connectivity index (χ3n) is 5.54. The molecule has 2 N–H and O–H groups in total. The second kappa shape index (κ2) is 7.98. The molecule has 0 saturated carbocycles. The Labute approximate surface area is 175 Å². The van der Waals surface area contributed by atoms with Gasteiger partial charge in [0.25, 0.3) is 0 Å². The smallest absolute Gasteiger partial charge is 0.311 e. The van der Waals surface area contributed by atoms with Crippen molar-refractivity contribution in [3.63, 3.8) is 0 Å². The lowest BCUT2D eigenvalue weighted by Crippen LogP contribution is -2.60. The minimum atomic E-state index is -5.63. The number of nitrogens with one attached hydrogen (secondary N) is 2. The van der Waals surface area contributed by atoms with Gasteiger partial charge in [0.1, 0.15) is 0 Å². The molecule has 1 fully saturated rings. The number of alkyl halides is 3. The summed E-state index contributed by atoms with van der Waals surface area (Å²) in [5, 5.41) is 3.25. The Balaban J connectivity index is 2.39. The lowest BCUT2D eigenvalue weighted by Gasteiger charge is -2.41. The van der Waals surface area contributed by atoms with Crippen molar-refractivity contribution in [1.29, 1.82) is 0 Å². The van der Waals surface area contributed by atoms with Gasteiger partial charge in [-0.2, -0.15) is 17.9 Å². The van der Waals surface area contributed by atoms with Crippen LogP contribution in [0.2, 0.25) is 0 Å². The standard InChI is InChI=1S/C22H27F3N2O2S/c1-14-8-15(2)11-18(10-14)21(20-6-5-7-26-20,27-30(28,29)22(23,24)25)19-12-16(3)9-17(4)13-19/h8-13,20,26-27H,5-7H2,1-4H3/t20-/m0/s1. The molecule has 2 aromatic rings. The number of halogens is 3. The largest absolute Gasteiger partial charge is 0.511 e. The Hall–Kier alpha value is -1.90. The summed E-state index contributed by atoms with van der Waals surface area (Å²) in [7, 11) is -5.63. The van der Waals surface area contributed by atoms with Crippen molar-refractivity contribution in [3.05, 3.63) is 69.8 Å². The molecule has 0 radical (unpaired) electrons. The van der Waals surface area contributed by atoms with Crippen molar-refractivity contribution < 1.29 is 21.6 Å². The molecule has 4 nitrogen and oxygen atoms in total. The van der Waals surface area contributed by atoms with Gasteiger partial charge in [0.2, 0.25) is 0 Å². The molecule has 0 amide bonds. The Morgan fingerprint density at radius 2 is 1.30 bits per heavy atom. The Morgan fingerprint density at radius 3 is 1.63 bits per heavy atom. The van der Waals surface area contributed by atoms with Crippen LogP contribution in [0.4, 0.5) is 13.2 Å². The summed E-state index contributed by atoms with van der Waals surface area (Å²) in [5.41, 5.74) is -2.63. The van der Waals surface area contributed by atoms with Crippen LogP contribution in [0.5, 0.6) is 0 Å². The van der Waals surface area contributed by atoms with Crippen LogP contribution in [0.3, 0.4) is 0 Å². The summed E-state index contributed by atoms with van der Waals surface area (Å²) >= 11 is 0. The van der Waals surface area contributed by atoms with Crippen LogP contribution >= 0.6 is 0 Å². The number of hydrogen-bond acceptors (Lipinski definition) is 3. The van der Waals surface area contributed by atoms with Gasteiger partial charge >= 0.3 is 15.5 Å². The van der Waals surface area contributed by atoms with E-state index in [1.54, 1.807) is 24.3 Å². The summed E-state index contributed by atoms with van der Waals surface area (Å²) in [6, 6.07) is 10.4. The van der Waals surface area contributed by atoms with Crippen LogP contribution in [0.15, 0.2) is 36.4 Å². The topological polar surface area (TPSA) is 58.2 Å². The van der Waals surface area contributed by atoms with E-state index in [1.165, 1.54) is 0 Å². The quantitative estimate of drug-likeness (QED) is 0.727. The van der Waals surface area contributed by atoms with Gasteiger partial charge in [-0.25, -0.2) is 8.42 Å². The second-order valence-electron chi connectivity index (χ2n) is 8.26. The molecule has 1 aliphatic rings. The van der Waals surface area contributed by atoms with Gasteiger partial charge in [-0.1, -0.05) is 58.7 Å². The van der Waals surface area contributed by atoms with E-state index in [1.807, 2.05) is 39.8 Å².